The number of halogens is 3. The number of benzene rings is 1. The summed E-state index contributed by atoms with van der Waals surface area (Å²) >= 11 is 1.67. The summed E-state index contributed by atoms with van der Waals surface area (Å²) < 4.78 is 44.9. The zero-order chi connectivity index (χ0) is 19.7. The van der Waals surface area contributed by atoms with E-state index in [1.54, 1.807) is 11.8 Å². The monoisotopic (exact) mass is 390 g/mol. The fourth-order valence-electron chi connectivity index (χ4n) is 2.32. The topological polar surface area (TPSA) is 62.2 Å². The highest BCUT2D eigenvalue weighted by Gasteiger charge is 2.34. The van der Waals surface area contributed by atoms with Gasteiger partial charge in [0.15, 0.2) is 6.10 Å². The molecule has 0 heterocycles. The molecule has 8 heteroatoms. The molecule has 4 nitrogen and oxygen atoms in total. The van der Waals surface area contributed by atoms with Crippen LogP contribution in [0.4, 0.5) is 13.2 Å². The molecule has 1 amide bonds. The predicted octanol–water partition coefficient (Wildman–Crippen LogP) is 4.37. The van der Waals surface area contributed by atoms with Gasteiger partial charge in [0, 0.05) is 18.3 Å². The minimum absolute atomic E-state index is 0.0344. The third-order valence-electron chi connectivity index (χ3n) is 3.57. The third kappa shape index (κ3) is 7.27. The average molecular weight is 390 g/mol. The van der Waals surface area contributed by atoms with Gasteiger partial charge in [0.1, 0.15) is 5.75 Å². The highest BCUT2D eigenvalue weighted by atomic mass is 32.2. The standard InChI is InChI=1S/C18H25F3N2O2S/c1-12(2)9-16(17(24)23-7-4-8-26-3)25-14-6-5-13(11-22)15(10-14)18(19,20)21/h5-6,10-12,16,22H,4,7-9H2,1-3H3,(H,23,24). The maximum atomic E-state index is 13.1. The van der Waals surface area contributed by atoms with Crippen molar-refractivity contribution in [1.29, 1.82) is 5.41 Å². The van der Waals surface area contributed by atoms with Crippen LogP contribution < -0.4 is 10.1 Å². The molecule has 0 radical (unpaired) electrons. The van der Waals surface area contributed by atoms with Gasteiger partial charge in [0.2, 0.25) is 0 Å². The number of hydrogen-bond donors (Lipinski definition) is 2. The van der Waals surface area contributed by atoms with Crippen LogP contribution >= 0.6 is 11.8 Å². The van der Waals surface area contributed by atoms with E-state index in [1.807, 2.05) is 20.1 Å². The van der Waals surface area contributed by atoms with Crippen LogP contribution in [-0.4, -0.2) is 36.8 Å². The van der Waals surface area contributed by atoms with Gasteiger partial charge in [-0.15, -0.1) is 0 Å². The molecule has 0 bridgehead atoms. The Morgan fingerprint density at radius 2 is 2.08 bits per heavy atom. The van der Waals surface area contributed by atoms with E-state index >= 15 is 0 Å². The van der Waals surface area contributed by atoms with Gasteiger partial charge in [-0.3, -0.25) is 4.79 Å². The highest BCUT2D eigenvalue weighted by molar-refractivity contribution is 7.98. The van der Waals surface area contributed by atoms with Gasteiger partial charge in [-0.05, 0) is 49.0 Å². The van der Waals surface area contributed by atoms with Gasteiger partial charge >= 0.3 is 6.18 Å². The highest BCUT2D eigenvalue weighted by Crippen LogP contribution is 2.34. The van der Waals surface area contributed by atoms with E-state index in [-0.39, 0.29) is 23.1 Å². The fourth-order valence-corrected chi connectivity index (χ4v) is 2.76. The third-order valence-corrected chi connectivity index (χ3v) is 4.26. The molecule has 0 saturated heterocycles. The second-order valence-electron chi connectivity index (χ2n) is 6.26. The SMILES string of the molecule is CSCCCNC(=O)C(CC(C)C)Oc1ccc(C=N)c(C(F)(F)F)c1. The van der Waals surface area contributed by atoms with E-state index in [0.717, 1.165) is 18.2 Å². The van der Waals surface area contributed by atoms with Gasteiger partial charge in [0.25, 0.3) is 5.91 Å². The summed E-state index contributed by atoms with van der Waals surface area (Å²) in [5.41, 5.74) is -1.19. The number of amides is 1. The molecule has 0 aliphatic heterocycles. The Hall–Kier alpha value is -1.70. The van der Waals surface area contributed by atoms with Gasteiger partial charge in [-0.1, -0.05) is 13.8 Å². The molecule has 0 aromatic heterocycles. The minimum Gasteiger partial charge on any atom is -0.481 e. The van der Waals surface area contributed by atoms with Gasteiger partial charge in [0.05, 0.1) is 5.56 Å². The molecule has 0 aliphatic rings. The van der Waals surface area contributed by atoms with E-state index in [2.05, 4.69) is 5.32 Å². The lowest BCUT2D eigenvalue weighted by atomic mass is 10.0. The molecule has 2 N–H and O–H groups in total. The second-order valence-corrected chi connectivity index (χ2v) is 7.25. The first kappa shape index (κ1) is 22.3. The molecule has 0 aliphatic carbocycles. The Morgan fingerprint density at radius 3 is 2.62 bits per heavy atom. The number of rotatable bonds is 10. The minimum atomic E-state index is -4.60. The van der Waals surface area contributed by atoms with Crippen LogP contribution in [0.5, 0.6) is 5.75 Å². The van der Waals surface area contributed by atoms with Crippen LogP contribution in [-0.2, 0) is 11.0 Å². The van der Waals surface area contributed by atoms with Crippen molar-refractivity contribution in [1.82, 2.24) is 5.32 Å². The van der Waals surface area contributed by atoms with Crippen molar-refractivity contribution in [3.8, 4) is 5.75 Å². The molecule has 1 rings (SSSR count). The summed E-state index contributed by atoms with van der Waals surface area (Å²) in [7, 11) is 0. The molecular formula is C18H25F3N2O2S. The van der Waals surface area contributed by atoms with E-state index in [0.29, 0.717) is 19.2 Å². The number of carbonyl (C=O) groups is 1. The van der Waals surface area contributed by atoms with E-state index < -0.39 is 17.8 Å². The van der Waals surface area contributed by atoms with Crippen molar-refractivity contribution in [2.45, 2.75) is 39.0 Å². The number of nitrogens with one attached hydrogen (secondary N) is 2. The van der Waals surface area contributed by atoms with Crippen LogP contribution in [0, 0.1) is 11.3 Å². The van der Waals surface area contributed by atoms with E-state index in [4.69, 9.17) is 10.1 Å². The summed E-state index contributed by atoms with van der Waals surface area (Å²) in [4.78, 5) is 12.3. The van der Waals surface area contributed by atoms with Crippen molar-refractivity contribution >= 4 is 23.9 Å². The Balaban J connectivity index is 2.93. The lowest BCUT2D eigenvalue weighted by Gasteiger charge is -2.21. The Bertz CT molecular complexity index is 607. The first-order chi connectivity index (χ1) is 12.2. The molecule has 0 fully saturated rings. The lowest BCUT2D eigenvalue weighted by molar-refractivity contribution is -0.137. The van der Waals surface area contributed by atoms with Crippen molar-refractivity contribution in [3.05, 3.63) is 29.3 Å². The molecular weight excluding hydrogens is 365 g/mol. The molecule has 0 saturated carbocycles. The van der Waals surface area contributed by atoms with Crippen LogP contribution in [0.2, 0.25) is 0 Å². The van der Waals surface area contributed by atoms with Crippen molar-refractivity contribution < 1.29 is 22.7 Å². The number of alkyl halides is 3. The maximum Gasteiger partial charge on any atom is 0.417 e. The first-order valence-corrected chi connectivity index (χ1v) is 9.73. The molecule has 146 valence electrons. The van der Waals surface area contributed by atoms with Crippen LogP contribution in [0.25, 0.3) is 0 Å². The van der Waals surface area contributed by atoms with Crippen molar-refractivity contribution in [2.24, 2.45) is 5.92 Å². The van der Waals surface area contributed by atoms with Crippen LogP contribution in [0.1, 0.15) is 37.8 Å². The van der Waals surface area contributed by atoms with Crippen LogP contribution in [0.15, 0.2) is 18.2 Å². The number of ether oxygens (including phenoxy) is 1. The van der Waals surface area contributed by atoms with Crippen molar-refractivity contribution in [2.75, 3.05) is 18.6 Å². The molecule has 1 atom stereocenters. The van der Waals surface area contributed by atoms with Crippen LogP contribution in [0.3, 0.4) is 0 Å². The summed E-state index contributed by atoms with van der Waals surface area (Å²) in [5.74, 6) is 0.688. The summed E-state index contributed by atoms with van der Waals surface area (Å²) in [6.45, 7) is 4.32. The summed E-state index contributed by atoms with van der Waals surface area (Å²) in [5, 5.41) is 9.89. The second kappa shape index (κ2) is 10.4. The Kier molecular flexibility index (Phi) is 8.98. The number of thioether (sulfide) groups is 1. The smallest absolute Gasteiger partial charge is 0.417 e. The molecule has 1 unspecified atom stereocenters. The quantitative estimate of drug-likeness (QED) is 0.461. The summed E-state index contributed by atoms with van der Waals surface area (Å²) in [6.07, 6.45) is -1.63. The predicted molar refractivity (Wildman–Crippen MR) is 99.2 cm³/mol. The zero-order valence-corrected chi connectivity index (χ0v) is 16.0. The maximum absolute atomic E-state index is 13.1. The zero-order valence-electron chi connectivity index (χ0n) is 15.2. The Morgan fingerprint density at radius 1 is 1.38 bits per heavy atom. The molecule has 26 heavy (non-hydrogen) atoms. The molecule has 1 aromatic carbocycles. The number of hydrogen-bond acceptors (Lipinski definition) is 4. The Labute approximate surface area is 156 Å². The van der Waals surface area contributed by atoms with E-state index in [1.165, 1.54) is 12.1 Å². The average Bonchev–Trinajstić information content (AvgIpc) is 2.56. The number of carbonyl (C=O) groups excluding carboxylic acids is 1. The largest absolute Gasteiger partial charge is 0.481 e. The van der Waals surface area contributed by atoms with Crippen molar-refractivity contribution in [3.63, 3.8) is 0 Å². The normalized spacial score (nSPS) is 12.7. The first-order valence-electron chi connectivity index (χ1n) is 8.34. The molecule has 1 aromatic rings. The van der Waals surface area contributed by atoms with E-state index in [9.17, 15) is 18.0 Å². The molecule has 0 spiro atoms. The fraction of sp³-hybridized carbons (Fsp3) is 0.556. The van der Waals surface area contributed by atoms with Gasteiger partial charge in [-0.25, -0.2) is 0 Å². The lowest BCUT2D eigenvalue weighted by Crippen LogP contribution is -2.39. The summed E-state index contributed by atoms with van der Waals surface area (Å²) in [6, 6.07) is 3.37. The van der Waals surface area contributed by atoms with Gasteiger partial charge in [-0.2, -0.15) is 24.9 Å². The van der Waals surface area contributed by atoms with Gasteiger partial charge < -0.3 is 15.5 Å².